The van der Waals surface area contributed by atoms with Crippen LogP contribution in [0, 0.1) is 0 Å². The summed E-state index contributed by atoms with van der Waals surface area (Å²) >= 11 is 0. The van der Waals surface area contributed by atoms with Gasteiger partial charge in [0.15, 0.2) is 5.75 Å². The first-order chi connectivity index (χ1) is 16.2. The molecule has 0 bridgehead atoms. The van der Waals surface area contributed by atoms with Crippen LogP contribution in [-0.4, -0.2) is 19.2 Å². The third-order valence-electron chi connectivity index (χ3n) is 6.66. The fourth-order valence-corrected chi connectivity index (χ4v) is 5.18. The minimum Gasteiger partial charge on any atom is -0.491 e. The van der Waals surface area contributed by atoms with Crippen LogP contribution in [0.1, 0.15) is 49.4 Å². The third-order valence-corrected chi connectivity index (χ3v) is 6.66. The van der Waals surface area contributed by atoms with Crippen molar-refractivity contribution in [3.8, 4) is 11.6 Å². The van der Waals surface area contributed by atoms with Crippen molar-refractivity contribution in [2.75, 3.05) is 14.2 Å². The molecule has 33 heavy (non-hydrogen) atoms. The van der Waals surface area contributed by atoms with Crippen LogP contribution in [0.5, 0.6) is 11.6 Å². The van der Waals surface area contributed by atoms with Crippen molar-refractivity contribution in [2.45, 2.75) is 44.4 Å². The Balaban J connectivity index is 1.70. The first kappa shape index (κ1) is 22.8. The van der Waals surface area contributed by atoms with Crippen LogP contribution < -0.4 is 9.47 Å². The second-order valence-corrected chi connectivity index (χ2v) is 8.56. The van der Waals surface area contributed by atoms with E-state index in [0.717, 1.165) is 48.6 Å². The maximum Gasteiger partial charge on any atom is 0.257 e. The second-order valence-electron chi connectivity index (χ2n) is 8.56. The molecular formula is C30H33NO2. The lowest BCUT2D eigenvalue weighted by Crippen LogP contribution is -2.28. The molecule has 1 aromatic heterocycles. The molecule has 0 radical (unpaired) electrons. The average Bonchev–Trinajstić information content (AvgIpc) is 2.88. The van der Waals surface area contributed by atoms with E-state index in [1.54, 1.807) is 14.2 Å². The summed E-state index contributed by atoms with van der Waals surface area (Å²) in [5, 5.41) is 2.18. The number of benzene rings is 3. The van der Waals surface area contributed by atoms with Crippen LogP contribution in [0.15, 0.2) is 84.9 Å². The van der Waals surface area contributed by atoms with Gasteiger partial charge in [-0.1, -0.05) is 98.3 Å². The van der Waals surface area contributed by atoms with Crippen LogP contribution in [0.25, 0.3) is 10.8 Å². The molecular weight excluding hydrogens is 406 g/mol. The molecule has 4 aromatic rings. The van der Waals surface area contributed by atoms with Gasteiger partial charge in [-0.05, 0) is 36.8 Å². The van der Waals surface area contributed by atoms with Crippen molar-refractivity contribution < 1.29 is 9.47 Å². The predicted octanol–water partition coefficient (Wildman–Crippen LogP) is 7.36. The molecule has 0 atom stereocenters. The number of hydrogen-bond acceptors (Lipinski definition) is 3. The molecule has 0 aliphatic carbocycles. The fraction of sp³-hybridized carbons (Fsp3) is 0.300. The SMILES string of the molecule is CCCC(CCCc1nc(OC)c(OC)c2ccccc12)(c1ccccc1)c1ccccc1. The molecule has 0 saturated carbocycles. The minimum absolute atomic E-state index is 0.0103. The zero-order valence-electron chi connectivity index (χ0n) is 19.9. The Hall–Kier alpha value is -3.33. The largest absolute Gasteiger partial charge is 0.491 e. The van der Waals surface area contributed by atoms with E-state index in [2.05, 4.69) is 85.8 Å². The van der Waals surface area contributed by atoms with Gasteiger partial charge in [0.1, 0.15) is 0 Å². The first-order valence-corrected chi connectivity index (χ1v) is 11.8. The minimum atomic E-state index is -0.0103. The molecule has 0 saturated heterocycles. The van der Waals surface area contributed by atoms with Gasteiger partial charge in [0.05, 0.1) is 19.9 Å². The second kappa shape index (κ2) is 10.5. The van der Waals surface area contributed by atoms with Crippen LogP contribution in [0.4, 0.5) is 0 Å². The number of rotatable bonds is 10. The van der Waals surface area contributed by atoms with Crippen molar-refractivity contribution in [3.63, 3.8) is 0 Å². The smallest absolute Gasteiger partial charge is 0.257 e. The highest BCUT2D eigenvalue weighted by Gasteiger charge is 2.32. The Morgan fingerprint density at radius 2 is 1.27 bits per heavy atom. The quantitative estimate of drug-likeness (QED) is 0.259. The summed E-state index contributed by atoms with van der Waals surface area (Å²) < 4.78 is 11.2. The highest BCUT2D eigenvalue weighted by molar-refractivity contribution is 5.91. The van der Waals surface area contributed by atoms with Crippen LogP contribution in [0.3, 0.4) is 0 Å². The number of methoxy groups -OCH3 is 2. The molecule has 0 spiro atoms. The Morgan fingerprint density at radius 1 is 0.697 bits per heavy atom. The summed E-state index contributed by atoms with van der Waals surface area (Å²) in [6.07, 6.45) is 5.20. The molecule has 3 aromatic carbocycles. The van der Waals surface area contributed by atoms with Crippen molar-refractivity contribution in [2.24, 2.45) is 0 Å². The van der Waals surface area contributed by atoms with Gasteiger partial charge in [0, 0.05) is 16.2 Å². The first-order valence-electron chi connectivity index (χ1n) is 11.8. The van der Waals surface area contributed by atoms with Gasteiger partial charge in [0.2, 0.25) is 0 Å². The van der Waals surface area contributed by atoms with E-state index in [1.807, 2.05) is 6.07 Å². The fourth-order valence-electron chi connectivity index (χ4n) is 5.18. The van der Waals surface area contributed by atoms with E-state index in [4.69, 9.17) is 14.5 Å². The van der Waals surface area contributed by atoms with Gasteiger partial charge in [-0.25, -0.2) is 4.98 Å². The normalized spacial score (nSPS) is 11.5. The van der Waals surface area contributed by atoms with Gasteiger partial charge in [-0.15, -0.1) is 0 Å². The molecule has 0 fully saturated rings. The monoisotopic (exact) mass is 439 g/mol. The molecule has 0 N–H and O–H groups in total. The predicted molar refractivity (Wildman–Crippen MR) is 136 cm³/mol. The van der Waals surface area contributed by atoms with Gasteiger partial charge in [-0.2, -0.15) is 0 Å². The lowest BCUT2D eigenvalue weighted by atomic mass is 9.68. The molecule has 1 heterocycles. The number of aryl methyl sites for hydroxylation is 1. The Bertz CT molecular complexity index is 1130. The molecule has 3 heteroatoms. The number of hydrogen-bond donors (Lipinski definition) is 0. The highest BCUT2D eigenvalue weighted by atomic mass is 16.5. The lowest BCUT2D eigenvalue weighted by molar-refractivity contribution is 0.345. The van der Waals surface area contributed by atoms with Crippen molar-refractivity contribution in [3.05, 3.63) is 102 Å². The maximum absolute atomic E-state index is 5.62. The number of pyridine rings is 1. The number of nitrogens with zero attached hydrogens (tertiary/aromatic N) is 1. The van der Waals surface area contributed by atoms with Crippen LogP contribution in [0.2, 0.25) is 0 Å². The highest BCUT2D eigenvalue weighted by Crippen LogP contribution is 2.42. The summed E-state index contributed by atoms with van der Waals surface area (Å²) in [5.41, 5.74) is 3.84. The number of aromatic nitrogens is 1. The van der Waals surface area contributed by atoms with E-state index >= 15 is 0 Å². The molecule has 170 valence electrons. The van der Waals surface area contributed by atoms with E-state index in [9.17, 15) is 0 Å². The Kier molecular flexibility index (Phi) is 7.29. The molecule has 0 aliphatic heterocycles. The van der Waals surface area contributed by atoms with Gasteiger partial charge in [0.25, 0.3) is 5.88 Å². The van der Waals surface area contributed by atoms with E-state index in [1.165, 1.54) is 11.1 Å². The molecule has 4 rings (SSSR count). The van der Waals surface area contributed by atoms with Crippen LogP contribution >= 0.6 is 0 Å². The summed E-state index contributed by atoms with van der Waals surface area (Å²) in [6, 6.07) is 30.3. The number of ether oxygens (including phenoxy) is 2. The van der Waals surface area contributed by atoms with E-state index in [0.29, 0.717) is 11.6 Å². The summed E-state index contributed by atoms with van der Waals surface area (Å²) in [4.78, 5) is 4.85. The summed E-state index contributed by atoms with van der Waals surface area (Å²) in [6.45, 7) is 2.28. The van der Waals surface area contributed by atoms with Gasteiger partial charge >= 0.3 is 0 Å². The third kappa shape index (κ3) is 4.59. The molecule has 0 unspecified atom stereocenters. The number of fused-ring (bicyclic) bond motifs is 1. The van der Waals surface area contributed by atoms with Gasteiger partial charge in [-0.3, -0.25) is 0 Å². The lowest BCUT2D eigenvalue weighted by Gasteiger charge is -2.35. The maximum atomic E-state index is 5.62. The van der Waals surface area contributed by atoms with Gasteiger partial charge < -0.3 is 9.47 Å². The summed E-state index contributed by atoms with van der Waals surface area (Å²) in [7, 11) is 3.32. The zero-order valence-corrected chi connectivity index (χ0v) is 19.9. The molecule has 0 amide bonds. The van der Waals surface area contributed by atoms with E-state index in [-0.39, 0.29) is 5.41 Å². The Labute approximate surface area is 197 Å². The van der Waals surface area contributed by atoms with Crippen molar-refractivity contribution in [1.82, 2.24) is 4.98 Å². The van der Waals surface area contributed by atoms with Crippen molar-refractivity contribution in [1.29, 1.82) is 0 Å². The Morgan fingerprint density at radius 3 is 1.82 bits per heavy atom. The topological polar surface area (TPSA) is 31.4 Å². The van der Waals surface area contributed by atoms with E-state index < -0.39 is 0 Å². The zero-order chi connectivity index (χ0) is 23.1. The van der Waals surface area contributed by atoms with Crippen LogP contribution in [-0.2, 0) is 11.8 Å². The standard InChI is InChI=1S/C30H33NO2/c1-4-21-30(23-14-7-5-8-15-23,24-16-9-6-10-17-24)22-13-20-27-25-18-11-12-19-26(25)28(32-2)29(31-27)33-3/h5-12,14-19H,4,13,20-22H2,1-3H3. The average molecular weight is 440 g/mol. The summed E-state index contributed by atoms with van der Waals surface area (Å²) in [5.74, 6) is 1.25. The molecule has 0 aliphatic rings. The molecule has 3 nitrogen and oxygen atoms in total. The van der Waals surface area contributed by atoms with Crippen molar-refractivity contribution >= 4 is 10.8 Å².